The first-order chi connectivity index (χ1) is 9.67. The molecule has 1 heterocycles. The van der Waals surface area contributed by atoms with E-state index in [1.165, 1.54) is 16.4 Å². The summed E-state index contributed by atoms with van der Waals surface area (Å²) in [6.45, 7) is 5.69. The van der Waals surface area contributed by atoms with Crippen molar-refractivity contribution < 1.29 is 17.5 Å². The zero-order valence-electron chi connectivity index (χ0n) is 12.1. The molecule has 0 radical (unpaired) electrons. The van der Waals surface area contributed by atoms with E-state index in [2.05, 4.69) is 0 Å². The van der Waals surface area contributed by atoms with Crippen LogP contribution in [0, 0.1) is 17.1 Å². The first-order valence-corrected chi connectivity index (χ1v) is 7.98. The van der Waals surface area contributed by atoms with Gasteiger partial charge in [0.25, 0.3) is 0 Å². The van der Waals surface area contributed by atoms with Crippen molar-refractivity contribution in [2.24, 2.45) is 0 Å². The first-order valence-electron chi connectivity index (χ1n) is 6.54. The van der Waals surface area contributed by atoms with Gasteiger partial charge in [-0.05, 0) is 32.9 Å². The Labute approximate surface area is 124 Å². The third-order valence-electron chi connectivity index (χ3n) is 3.24. The van der Waals surface area contributed by atoms with E-state index in [4.69, 9.17) is 10.00 Å². The molecule has 1 aromatic rings. The number of hydrogen-bond acceptors (Lipinski definition) is 4. The van der Waals surface area contributed by atoms with Crippen molar-refractivity contribution in [3.63, 3.8) is 0 Å². The van der Waals surface area contributed by atoms with Gasteiger partial charge in [-0.3, -0.25) is 0 Å². The van der Waals surface area contributed by atoms with Crippen molar-refractivity contribution in [1.82, 2.24) is 4.31 Å². The fourth-order valence-electron chi connectivity index (χ4n) is 2.55. The lowest BCUT2D eigenvalue weighted by Crippen LogP contribution is -2.53. The molecule has 0 amide bonds. The van der Waals surface area contributed by atoms with Crippen LogP contribution in [0.4, 0.5) is 4.39 Å². The Morgan fingerprint density at radius 3 is 2.71 bits per heavy atom. The average molecular weight is 312 g/mol. The summed E-state index contributed by atoms with van der Waals surface area (Å²) in [5.41, 5.74) is -1.08. The average Bonchev–Trinajstić information content (AvgIpc) is 2.36. The fourth-order valence-corrected chi connectivity index (χ4v) is 4.36. The number of morpholine rings is 1. The second kappa shape index (κ2) is 5.37. The predicted molar refractivity (Wildman–Crippen MR) is 74.5 cm³/mol. The SMILES string of the molecule is CC1CN(S(=O)(=O)c2cccc(F)c2C#N)CC(C)(C)O1. The van der Waals surface area contributed by atoms with Gasteiger partial charge in [0.05, 0.1) is 11.7 Å². The third-order valence-corrected chi connectivity index (χ3v) is 5.10. The van der Waals surface area contributed by atoms with Gasteiger partial charge in [-0.15, -0.1) is 0 Å². The lowest BCUT2D eigenvalue weighted by molar-refractivity contribution is -0.109. The van der Waals surface area contributed by atoms with E-state index < -0.39 is 27.0 Å². The molecule has 21 heavy (non-hydrogen) atoms. The summed E-state index contributed by atoms with van der Waals surface area (Å²) in [6.07, 6.45) is -0.275. The quantitative estimate of drug-likeness (QED) is 0.836. The third kappa shape index (κ3) is 3.07. The summed E-state index contributed by atoms with van der Waals surface area (Å²) in [7, 11) is -3.94. The van der Waals surface area contributed by atoms with Gasteiger partial charge in [-0.1, -0.05) is 6.07 Å². The summed E-state index contributed by atoms with van der Waals surface area (Å²) in [4.78, 5) is -0.296. The highest BCUT2D eigenvalue weighted by molar-refractivity contribution is 7.89. The van der Waals surface area contributed by atoms with Crippen molar-refractivity contribution in [2.45, 2.75) is 37.4 Å². The van der Waals surface area contributed by atoms with Gasteiger partial charge in [-0.2, -0.15) is 9.57 Å². The van der Waals surface area contributed by atoms with Crippen LogP contribution >= 0.6 is 0 Å². The molecule has 1 atom stereocenters. The maximum Gasteiger partial charge on any atom is 0.244 e. The largest absolute Gasteiger partial charge is 0.370 e. The summed E-state index contributed by atoms with van der Waals surface area (Å²) in [6, 6.07) is 5.25. The number of nitriles is 1. The lowest BCUT2D eigenvalue weighted by atomic mass is 10.1. The molecule has 1 saturated heterocycles. The minimum absolute atomic E-state index is 0.154. The van der Waals surface area contributed by atoms with E-state index in [1.807, 2.05) is 0 Å². The van der Waals surface area contributed by atoms with E-state index >= 15 is 0 Å². The van der Waals surface area contributed by atoms with Crippen molar-refractivity contribution in [3.05, 3.63) is 29.6 Å². The molecule has 1 fully saturated rings. The van der Waals surface area contributed by atoms with Crippen LogP contribution in [0.5, 0.6) is 0 Å². The number of rotatable bonds is 2. The second-order valence-corrected chi connectivity index (χ2v) is 7.62. The molecule has 7 heteroatoms. The van der Waals surface area contributed by atoms with Gasteiger partial charge in [0.1, 0.15) is 22.3 Å². The molecule has 114 valence electrons. The van der Waals surface area contributed by atoms with E-state index in [0.717, 1.165) is 6.07 Å². The summed E-state index contributed by atoms with van der Waals surface area (Å²) < 4.78 is 46.0. The van der Waals surface area contributed by atoms with Gasteiger partial charge < -0.3 is 4.74 Å². The van der Waals surface area contributed by atoms with Crippen LogP contribution in [0.2, 0.25) is 0 Å². The van der Waals surface area contributed by atoms with E-state index in [1.54, 1.807) is 26.8 Å². The molecule has 2 rings (SSSR count). The Kier molecular flexibility index (Phi) is 4.06. The molecular formula is C14H17FN2O3S. The normalized spacial score (nSPS) is 22.7. The maximum absolute atomic E-state index is 13.6. The summed E-state index contributed by atoms with van der Waals surface area (Å²) >= 11 is 0. The molecule has 0 bridgehead atoms. The zero-order valence-corrected chi connectivity index (χ0v) is 12.9. The fraction of sp³-hybridized carbons (Fsp3) is 0.500. The highest BCUT2D eigenvalue weighted by atomic mass is 32.2. The molecule has 1 aliphatic heterocycles. The zero-order chi connectivity index (χ0) is 15.8. The number of ether oxygens (including phenoxy) is 1. The Bertz CT molecular complexity index is 695. The predicted octanol–water partition coefficient (Wildman–Crippen LogP) is 1.89. The standard InChI is InChI=1S/C14H17FN2O3S/c1-10-8-17(9-14(2,3)20-10)21(18,19)13-6-4-5-12(15)11(13)7-16/h4-6,10H,8-9H2,1-3H3. The van der Waals surface area contributed by atoms with Crippen LogP contribution < -0.4 is 0 Å². The minimum atomic E-state index is -3.94. The summed E-state index contributed by atoms with van der Waals surface area (Å²) in [5.74, 6) is -0.834. The van der Waals surface area contributed by atoms with Crippen molar-refractivity contribution >= 4 is 10.0 Å². The van der Waals surface area contributed by atoms with Crippen molar-refractivity contribution in [3.8, 4) is 6.07 Å². The van der Waals surface area contributed by atoms with Gasteiger partial charge in [0.2, 0.25) is 10.0 Å². The maximum atomic E-state index is 13.6. The molecule has 0 aromatic heterocycles. The van der Waals surface area contributed by atoms with Crippen LogP contribution in [-0.4, -0.2) is 37.5 Å². The van der Waals surface area contributed by atoms with Crippen molar-refractivity contribution in [1.29, 1.82) is 5.26 Å². The second-order valence-electron chi connectivity index (χ2n) is 5.71. The Balaban J connectivity index is 2.48. The van der Waals surface area contributed by atoms with Crippen LogP contribution in [0.1, 0.15) is 26.3 Å². The Morgan fingerprint density at radius 1 is 1.48 bits per heavy atom. The highest BCUT2D eigenvalue weighted by Gasteiger charge is 2.39. The highest BCUT2D eigenvalue weighted by Crippen LogP contribution is 2.28. The van der Waals surface area contributed by atoms with Gasteiger partial charge in [0, 0.05) is 13.1 Å². The molecule has 0 aliphatic carbocycles. The van der Waals surface area contributed by atoms with Gasteiger partial charge >= 0.3 is 0 Å². The van der Waals surface area contributed by atoms with E-state index in [0.29, 0.717) is 0 Å². The molecule has 0 spiro atoms. The number of benzene rings is 1. The Morgan fingerprint density at radius 2 is 2.14 bits per heavy atom. The monoisotopic (exact) mass is 312 g/mol. The minimum Gasteiger partial charge on any atom is -0.370 e. The number of halogens is 1. The Hall–Kier alpha value is -1.49. The van der Waals surface area contributed by atoms with Crippen LogP contribution in [-0.2, 0) is 14.8 Å². The van der Waals surface area contributed by atoms with Crippen LogP contribution in [0.25, 0.3) is 0 Å². The van der Waals surface area contributed by atoms with E-state index in [-0.39, 0.29) is 24.1 Å². The molecule has 5 nitrogen and oxygen atoms in total. The van der Waals surface area contributed by atoms with Crippen LogP contribution in [0.15, 0.2) is 23.1 Å². The van der Waals surface area contributed by atoms with E-state index in [9.17, 15) is 12.8 Å². The molecule has 1 aromatic carbocycles. The van der Waals surface area contributed by atoms with Crippen molar-refractivity contribution in [2.75, 3.05) is 13.1 Å². The smallest absolute Gasteiger partial charge is 0.244 e. The van der Waals surface area contributed by atoms with Gasteiger partial charge in [-0.25, -0.2) is 12.8 Å². The number of hydrogen-bond donors (Lipinski definition) is 0. The summed E-state index contributed by atoms with van der Waals surface area (Å²) in [5, 5.41) is 9.02. The van der Waals surface area contributed by atoms with Crippen LogP contribution in [0.3, 0.4) is 0 Å². The number of nitrogens with zero attached hydrogens (tertiary/aromatic N) is 2. The van der Waals surface area contributed by atoms with Gasteiger partial charge in [0.15, 0.2) is 0 Å². The topological polar surface area (TPSA) is 70.4 Å². The molecule has 1 unspecified atom stereocenters. The first kappa shape index (κ1) is 15.9. The molecule has 0 N–H and O–H groups in total. The molecule has 1 aliphatic rings. The number of sulfonamides is 1. The molecular weight excluding hydrogens is 295 g/mol. The molecule has 0 saturated carbocycles. The lowest BCUT2D eigenvalue weighted by Gasteiger charge is -2.40.